The lowest BCUT2D eigenvalue weighted by Gasteiger charge is -2.22. The molecule has 0 saturated carbocycles. The van der Waals surface area contributed by atoms with Crippen LogP contribution in [0.4, 0.5) is 18.9 Å². The summed E-state index contributed by atoms with van der Waals surface area (Å²) in [5.41, 5.74) is -0.732. The van der Waals surface area contributed by atoms with Crippen LogP contribution in [0.5, 0.6) is 11.5 Å². The van der Waals surface area contributed by atoms with Crippen LogP contribution in [0.15, 0.2) is 42.5 Å². The van der Waals surface area contributed by atoms with Gasteiger partial charge in [0.2, 0.25) is 11.8 Å². The summed E-state index contributed by atoms with van der Waals surface area (Å²) >= 11 is 0. The molecule has 0 spiro atoms. The second-order valence-corrected chi connectivity index (χ2v) is 6.35. The highest BCUT2D eigenvalue weighted by Gasteiger charge is 2.33. The van der Waals surface area contributed by atoms with Gasteiger partial charge in [-0.1, -0.05) is 12.1 Å². The van der Waals surface area contributed by atoms with Crippen molar-refractivity contribution in [2.24, 2.45) is 0 Å². The topological polar surface area (TPSA) is 67.9 Å². The highest BCUT2D eigenvalue weighted by Crippen LogP contribution is 2.34. The van der Waals surface area contributed by atoms with Crippen LogP contribution in [0.2, 0.25) is 0 Å². The molecule has 2 rings (SSSR count). The first-order chi connectivity index (χ1) is 14.2. The summed E-state index contributed by atoms with van der Waals surface area (Å²) in [6.07, 6.45) is -4.66. The van der Waals surface area contributed by atoms with E-state index >= 15 is 0 Å². The number of hydrogen-bond acceptors (Lipinski definition) is 4. The van der Waals surface area contributed by atoms with Crippen molar-refractivity contribution in [1.82, 2.24) is 4.90 Å². The molecule has 2 amide bonds. The number of methoxy groups -OCH3 is 2. The second kappa shape index (κ2) is 10.00. The fourth-order valence-corrected chi connectivity index (χ4v) is 2.87. The Kier molecular flexibility index (Phi) is 7.68. The number of anilines is 1. The van der Waals surface area contributed by atoms with Gasteiger partial charge in [-0.15, -0.1) is 0 Å². The maximum absolute atomic E-state index is 13.1. The van der Waals surface area contributed by atoms with Gasteiger partial charge in [0.15, 0.2) is 0 Å². The van der Waals surface area contributed by atoms with Crippen molar-refractivity contribution in [1.29, 1.82) is 0 Å². The quantitative estimate of drug-likeness (QED) is 0.701. The van der Waals surface area contributed by atoms with Crippen molar-refractivity contribution in [3.63, 3.8) is 0 Å². The summed E-state index contributed by atoms with van der Waals surface area (Å²) in [7, 11) is 2.97. The number of ether oxygens (including phenoxy) is 2. The predicted octanol–water partition coefficient (Wildman–Crippen LogP) is 3.75. The van der Waals surface area contributed by atoms with Crippen molar-refractivity contribution >= 4 is 17.5 Å². The molecule has 0 atom stereocenters. The highest BCUT2D eigenvalue weighted by molar-refractivity contribution is 5.95. The Balaban J connectivity index is 2.10. The van der Waals surface area contributed by atoms with E-state index in [0.717, 1.165) is 6.07 Å². The fraction of sp³-hybridized carbons (Fsp3) is 0.333. The molecule has 6 nitrogen and oxygen atoms in total. The zero-order valence-corrected chi connectivity index (χ0v) is 16.9. The zero-order chi connectivity index (χ0) is 22.3. The molecule has 0 bridgehead atoms. The van der Waals surface area contributed by atoms with Crippen LogP contribution in [-0.4, -0.2) is 44.0 Å². The number of nitrogens with zero attached hydrogens (tertiary/aromatic N) is 1. The van der Waals surface area contributed by atoms with Crippen molar-refractivity contribution in [3.05, 3.63) is 53.6 Å². The number of alkyl halides is 3. The Morgan fingerprint density at radius 3 is 2.37 bits per heavy atom. The summed E-state index contributed by atoms with van der Waals surface area (Å²) < 4.78 is 49.7. The molecule has 9 heteroatoms. The lowest BCUT2D eigenvalue weighted by molar-refractivity contribution is -0.137. The molecule has 162 valence electrons. The molecule has 30 heavy (non-hydrogen) atoms. The maximum Gasteiger partial charge on any atom is 0.418 e. The van der Waals surface area contributed by atoms with E-state index in [9.17, 15) is 22.8 Å². The van der Waals surface area contributed by atoms with Gasteiger partial charge in [-0.05, 0) is 37.3 Å². The Morgan fingerprint density at radius 1 is 1.07 bits per heavy atom. The smallest absolute Gasteiger partial charge is 0.418 e. The molecule has 2 aromatic carbocycles. The molecule has 0 heterocycles. The Hall–Kier alpha value is -3.23. The molecule has 0 unspecified atom stereocenters. The van der Waals surface area contributed by atoms with Gasteiger partial charge in [-0.3, -0.25) is 9.59 Å². The SMILES string of the molecule is CCN(CC(=O)Nc1ccccc1C(F)(F)F)C(=O)Cc1cc(OC)ccc1OC. The van der Waals surface area contributed by atoms with Crippen LogP contribution < -0.4 is 14.8 Å². The van der Waals surface area contributed by atoms with E-state index in [4.69, 9.17) is 9.47 Å². The van der Waals surface area contributed by atoms with Gasteiger partial charge >= 0.3 is 6.18 Å². The van der Waals surface area contributed by atoms with Gasteiger partial charge in [0, 0.05) is 12.1 Å². The van der Waals surface area contributed by atoms with E-state index in [2.05, 4.69) is 5.32 Å². The molecule has 0 aliphatic carbocycles. The number of carbonyl (C=O) groups is 2. The summed E-state index contributed by atoms with van der Waals surface area (Å²) in [5, 5.41) is 2.24. The number of rotatable bonds is 8. The fourth-order valence-electron chi connectivity index (χ4n) is 2.87. The summed E-state index contributed by atoms with van der Waals surface area (Å²) in [5.74, 6) is -0.0604. The van der Waals surface area contributed by atoms with Crippen molar-refractivity contribution < 1.29 is 32.2 Å². The number of amides is 2. The van der Waals surface area contributed by atoms with Crippen LogP contribution in [0, 0.1) is 0 Å². The largest absolute Gasteiger partial charge is 0.497 e. The summed E-state index contributed by atoms with van der Waals surface area (Å²) in [6.45, 7) is 1.50. The normalized spacial score (nSPS) is 11.0. The first kappa shape index (κ1) is 23.1. The average molecular weight is 424 g/mol. The third kappa shape index (κ3) is 5.88. The number of hydrogen-bond donors (Lipinski definition) is 1. The minimum atomic E-state index is -4.60. The number of halogens is 3. The van der Waals surface area contributed by atoms with E-state index in [-0.39, 0.29) is 31.1 Å². The third-order valence-corrected chi connectivity index (χ3v) is 4.40. The third-order valence-electron chi connectivity index (χ3n) is 4.40. The number of likely N-dealkylation sites (N-methyl/N-ethyl adjacent to an activating group) is 1. The van der Waals surface area contributed by atoms with Gasteiger partial charge in [-0.2, -0.15) is 13.2 Å². The van der Waals surface area contributed by atoms with Crippen LogP contribution in [0.3, 0.4) is 0 Å². The van der Waals surface area contributed by atoms with Crippen molar-refractivity contribution in [3.8, 4) is 11.5 Å². The minimum absolute atomic E-state index is 0.0549. The van der Waals surface area contributed by atoms with Crippen LogP contribution in [0.1, 0.15) is 18.1 Å². The summed E-state index contributed by atoms with van der Waals surface area (Å²) in [4.78, 5) is 26.3. The van der Waals surface area contributed by atoms with Gasteiger partial charge in [0.05, 0.1) is 38.4 Å². The molecule has 1 N–H and O–H groups in total. The molecular formula is C21H23F3N2O4. The molecule has 0 fully saturated rings. The molecule has 0 aliphatic rings. The predicted molar refractivity (Wildman–Crippen MR) is 106 cm³/mol. The van der Waals surface area contributed by atoms with Gasteiger partial charge < -0.3 is 19.7 Å². The van der Waals surface area contributed by atoms with Gasteiger partial charge in [-0.25, -0.2) is 0 Å². The highest BCUT2D eigenvalue weighted by atomic mass is 19.4. The summed E-state index contributed by atoms with van der Waals surface area (Å²) in [6, 6.07) is 9.69. The van der Waals surface area contributed by atoms with Crippen LogP contribution >= 0.6 is 0 Å². The molecule has 0 aliphatic heterocycles. The van der Waals surface area contributed by atoms with E-state index in [1.807, 2.05) is 0 Å². The maximum atomic E-state index is 13.1. The Bertz CT molecular complexity index is 900. The lowest BCUT2D eigenvalue weighted by atomic mass is 10.1. The first-order valence-electron chi connectivity index (χ1n) is 9.14. The standard InChI is InChI=1S/C21H23F3N2O4/c1-4-26(20(28)12-14-11-15(29-2)9-10-18(14)30-3)13-19(27)25-17-8-6-5-7-16(17)21(22,23)24/h5-11H,4,12-13H2,1-3H3,(H,25,27). The van der Waals surface area contributed by atoms with Crippen LogP contribution in [0.25, 0.3) is 0 Å². The molecule has 2 aromatic rings. The van der Waals surface area contributed by atoms with Gasteiger partial charge in [0.1, 0.15) is 11.5 Å². The number of nitrogens with one attached hydrogen (secondary N) is 1. The zero-order valence-electron chi connectivity index (χ0n) is 16.9. The van der Waals surface area contributed by atoms with E-state index in [1.165, 1.54) is 37.3 Å². The number of para-hydroxylation sites is 1. The van der Waals surface area contributed by atoms with Crippen LogP contribution in [-0.2, 0) is 22.2 Å². The van der Waals surface area contributed by atoms with E-state index in [0.29, 0.717) is 17.1 Å². The monoisotopic (exact) mass is 424 g/mol. The number of benzene rings is 2. The molecule has 0 aromatic heterocycles. The first-order valence-corrected chi connectivity index (χ1v) is 9.14. The number of carbonyl (C=O) groups excluding carboxylic acids is 2. The van der Waals surface area contributed by atoms with Gasteiger partial charge in [0.25, 0.3) is 0 Å². The van der Waals surface area contributed by atoms with E-state index in [1.54, 1.807) is 25.1 Å². The minimum Gasteiger partial charge on any atom is -0.497 e. The molecule has 0 saturated heterocycles. The second-order valence-electron chi connectivity index (χ2n) is 6.35. The molecular weight excluding hydrogens is 401 g/mol. The Labute approximate surface area is 172 Å². The van der Waals surface area contributed by atoms with Crippen molar-refractivity contribution in [2.75, 3.05) is 32.6 Å². The lowest BCUT2D eigenvalue weighted by Crippen LogP contribution is -2.39. The Morgan fingerprint density at radius 2 is 1.77 bits per heavy atom. The average Bonchev–Trinajstić information content (AvgIpc) is 2.71. The van der Waals surface area contributed by atoms with Crippen molar-refractivity contribution in [2.45, 2.75) is 19.5 Å². The molecule has 0 radical (unpaired) electrons. The van der Waals surface area contributed by atoms with E-state index < -0.39 is 17.6 Å².